The lowest BCUT2D eigenvalue weighted by molar-refractivity contribution is 0.527. The monoisotopic (exact) mass is 337 g/mol. The Hall–Kier alpha value is 0.620. The summed E-state index contributed by atoms with van der Waals surface area (Å²) in [6, 6.07) is 2.95. The van der Waals surface area contributed by atoms with Crippen molar-refractivity contribution in [2.24, 2.45) is 0 Å². The van der Waals surface area contributed by atoms with Crippen LogP contribution in [-0.2, 0) is 6.54 Å². The van der Waals surface area contributed by atoms with Gasteiger partial charge in [-0.05, 0) is 50.8 Å². The standard InChI is InChI=1S/C10H13Br2NS/c11-9-5-8(14-10(9)12)6-13-7-3-1-2-4-7/h5,7,13H,1-4,6H2. The molecule has 78 valence electrons. The first kappa shape index (κ1) is 11.1. The van der Waals surface area contributed by atoms with Gasteiger partial charge in [-0.3, -0.25) is 0 Å². The Labute approximate surface area is 106 Å². The van der Waals surface area contributed by atoms with Gasteiger partial charge in [0.25, 0.3) is 0 Å². The summed E-state index contributed by atoms with van der Waals surface area (Å²) in [5.41, 5.74) is 0. The molecule has 1 fully saturated rings. The minimum Gasteiger partial charge on any atom is -0.309 e. The van der Waals surface area contributed by atoms with E-state index >= 15 is 0 Å². The summed E-state index contributed by atoms with van der Waals surface area (Å²) in [5.74, 6) is 0. The van der Waals surface area contributed by atoms with Crippen LogP contribution in [0.25, 0.3) is 0 Å². The molecule has 0 saturated heterocycles. The lowest BCUT2D eigenvalue weighted by Crippen LogP contribution is -2.24. The molecule has 4 heteroatoms. The molecule has 0 radical (unpaired) electrons. The number of hydrogen-bond acceptors (Lipinski definition) is 2. The maximum absolute atomic E-state index is 3.61. The summed E-state index contributed by atoms with van der Waals surface area (Å²) < 4.78 is 2.37. The van der Waals surface area contributed by atoms with Gasteiger partial charge in [-0.1, -0.05) is 12.8 Å². The molecule has 1 aliphatic rings. The SMILES string of the molecule is Brc1cc(CNC2CCCC2)sc1Br. The Balaban J connectivity index is 1.85. The van der Waals surface area contributed by atoms with Crippen LogP contribution in [0.3, 0.4) is 0 Å². The van der Waals surface area contributed by atoms with Crippen LogP contribution < -0.4 is 5.32 Å². The number of thiophene rings is 1. The molecule has 14 heavy (non-hydrogen) atoms. The molecule has 0 spiro atoms. The van der Waals surface area contributed by atoms with Gasteiger partial charge in [0.15, 0.2) is 0 Å². The molecule has 1 N–H and O–H groups in total. The molecule has 0 atom stereocenters. The van der Waals surface area contributed by atoms with Crippen LogP contribution in [0.2, 0.25) is 0 Å². The topological polar surface area (TPSA) is 12.0 Å². The highest BCUT2D eigenvalue weighted by Gasteiger charge is 2.14. The molecular formula is C10H13Br2NS. The van der Waals surface area contributed by atoms with Crippen molar-refractivity contribution in [3.8, 4) is 0 Å². The third-order valence-electron chi connectivity index (χ3n) is 2.62. The smallest absolute Gasteiger partial charge is 0.0843 e. The Kier molecular flexibility index (Phi) is 4.05. The van der Waals surface area contributed by atoms with Gasteiger partial charge in [0.05, 0.1) is 3.79 Å². The number of hydrogen-bond donors (Lipinski definition) is 1. The summed E-state index contributed by atoms with van der Waals surface area (Å²) in [6.07, 6.45) is 5.51. The summed E-state index contributed by atoms with van der Waals surface area (Å²) >= 11 is 8.82. The highest BCUT2D eigenvalue weighted by molar-refractivity contribution is 9.13. The molecule has 1 nitrogen and oxygen atoms in total. The highest BCUT2D eigenvalue weighted by atomic mass is 79.9. The van der Waals surface area contributed by atoms with Crippen LogP contribution in [0.4, 0.5) is 0 Å². The molecule has 1 aliphatic carbocycles. The summed E-state index contributed by atoms with van der Waals surface area (Å²) in [7, 11) is 0. The van der Waals surface area contributed by atoms with Gasteiger partial charge in [-0.15, -0.1) is 11.3 Å². The molecular weight excluding hydrogens is 326 g/mol. The zero-order valence-electron chi connectivity index (χ0n) is 7.85. The first-order valence-electron chi connectivity index (χ1n) is 4.93. The Morgan fingerprint density at radius 3 is 2.64 bits per heavy atom. The average Bonchev–Trinajstić information content (AvgIpc) is 2.74. The molecule has 0 bridgehead atoms. The van der Waals surface area contributed by atoms with Gasteiger partial charge < -0.3 is 5.32 Å². The first-order valence-corrected chi connectivity index (χ1v) is 7.33. The summed E-state index contributed by atoms with van der Waals surface area (Å²) in [6.45, 7) is 1.01. The zero-order valence-corrected chi connectivity index (χ0v) is 11.8. The predicted molar refractivity (Wildman–Crippen MR) is 68.8 cm³/mol. The maximum atomic E-state index is 3.61. The van der Waals surface area contributed by atoms with Crippen LogP contribution >= 0.6 is 43.2 Å². The van der Waals surface area contributed by atoms with E-state index in [1.165, 1.54) is 38.8 Å². The lowest BCUT2D eigenvalue weighted by Gasteiger charge is -2.09. The third kappa shape index (κ3) is 2.81. The maximum Gasteiger partial charge on any atom is 0.0843 e. The number of halogens is 2. The van der Waals surface area contributed by atoms with E-state index in [0.717, 1.165) is 12.6 Å². The van der Waals surface area contributed by atoms with E-state index in [1.54, 1.807) is 11.3 Å². The Morgan fingerprint density at radius 1 is 1.36 bits per heavy atom. The molecule has 1 aromatic heterocycles. The molecule has 0 aromatic carbocycles. The molecule has 1 saturated carbocycles. The lowest BCUT2D eigenvalue weighted by atomic mass is 10.2. The van der Waals surface area contributed by atoms with Gasteiger partial charge >= 0.3 is 0 Å². The molecule has 0 unspecified atom stereocenters. The molecule has 1 heterocycles. The van der Waals surface area contributed by atoms with Crippen LogP contribution in [0.5, 0.6) is 0 Å². The van der Waals surface area contributed by atoms with Gasteiger partial charge in [0, 0.05) is 21.9 Å². The van der Waals surface area contributed by atoms with E-state index in [2.05, 4.69) is 43.2 Å². The zero-order chi connectivity index (χ0) is 9.97. The Bertz CT molecular complexity index is 286. The van der Waals surface area contributed by atoms with Crippen molar-refractivity contribution in [1.29, 1.82) is 0 Å². The molecule has 0 aliphatic heterocycles. The molecule has 2 rings (SSSR count). The fourth-order valence-corrected chi connectivity index (χ4v) is 3.98. The third-order valence-corrected chi connectivity index (χ3v) is 5.87. The number of nitrogens with one attached hydrogen (secondary N) is 1. The van der Waals surface area contributed by atoms with Crippen molar-refractivity contribution in [3.05, 3.63) is 19.2 Å². The largest absolute Gasteiger partial charge is 0.309 e. The van der Waals surface area contributed by atoms with Crippen molar-refractivity contribution < 1.29 is 0 Å². The highest BCUT2D eigenvalue weighted by Crippen LogP contribution is 2.32. The van der Waals surface area contributed by atoms with E-state index in [1.807, 2.05) is 0 Å². The summed E-state index contributed by atoms with van der Waals surface area (Å²) in [4.78, 5) is 1.40. The predicted octanol–water partition coefficient (Wildman–Crippen LogP) is 4.31. The minimum absolute atomic E-state index is 0.759. The van der Waals surface area contributed by atoms with Crippen LogP contribution in [0.15, 0.2) is 14.3 Å². The second kappa shape index (κ2) is 5.10. The van der Waals surface area contributed by atoms with Crippen molar-refractivity contribution in [3.63, 3.8) is 0 Å². The van der Waals surface area contributed by atoms with Crippen molar-refractivity contribution >= 4 is 43.2 Å². The quantitative estimate of drug-likeness (QED) is 0.866. The average molecular weight is 339 g/mol. The second-order valence-electron chi connectivity index (χ2n) is 3.70. The van der Waals surface area contributed by atoms with Crippen LogP contribution in [-0.4, -0.2) is 6.04 Å². The van der Waals surface area contributed by atoms with Gasteiger partial charge in [0.2, 0.25) is 0 Å². The normalized spacial score (nSPS) is 17.9. The van der Waals surface area contributed by atoms with E-state index < -0.39 is 0 Å². The molecule has 0 amide bonds. The first-order chi connectivity index (χ1) is 6.75. The minimum atomic E-state index is 0.759. The van der Waals surface area contributed by atoms with E-state index in [-0.39, 0.29) is 0 Å². The van der Waals surface area contributed by atoms with Crippen molar-refractivity contribution in [2.45, 2.75) is 38.3 Å². The van der Waals surface area contributed by atoms with E-state index in [0.29, 0.717) is 0 Å². The van der Waals surface area contributed by atoms with Crippen LogP contribution in [0.1, 0.15) is 30.6 Å². The molecule has 1 aromatic rings. The van der Waals surface area contributed by atoms with Gasteiger partial charge in [-0.25, -0.2) is 0 Å². The summed E-state index contributed by atoms with van der Waals surface area (Å²) in [5, 5.41) is 3.61. The van der Waals surface area contributed by atoms with Gasteiger partial charge in [0.1, 0.15) is 0 Å². The van der Waals surface area contributed by atoms with Gasteiger partial charge in [-0.2, -0.15) is 0 Å². The fourth-order valence-electron chi connectivity index (χ4n) is 1.85. The Morgan fingerprint density at radius 2 is 2.07 bits per heavy atom. The van der Waals surface area contributed by atoms with Crippen molar-refractivity contribution in [1.82, 2.24) is 5.32 Å². The van der Waals surface area contributed by atoms with E-state index in [4.69, 9.17) is 0 Å². The second-order valence-corrected chi connectivity index (χ2v) is 7.01. The number of rotatable bonds is 3. The fraction of sp³-hybridized carbons (Fsp3) is 0.600. The van der Waals surface area contributed by atoms with E-state index in [9.17, 15) is 0 Å². The van der Waals surface area contributed by atoms with Crippen LogP contribution in [0, 0.1) is 0 Å². The van der Waals surface area contributed by atoms with Crippen molar-refractivity contribution in [2.75, 3.05) is 0 Å².